The molecule has 0 saturated heterocycles. The fourth-order valence-corrected chi connectivity index (χ4v) is 7.13. The van der Waals surface area contributed by atoms with Crippen molar-refractivity contribution in [1.29, 1.82) is 0 Å². The van der Waals surface area contributed by atoms with Crippen LogP contribution < -0.4 is 0 Å². The zero-order valence-corrected chi connectivity index (χ0v) is 35.3. The van der Waals surface area contributed by atoms with Gasteiger partial charge in [-0.1, -0.05) is 150 Å². The maximum atomic E-state index is 8.61. The zero-order valence-electron chi connectivity index (χ0n) is 39.9. The van der Waals surface area contributed by atoms with E-state index >= 15 is 0 Å². The number of pyridine rings is 2. The summed E-state index contributed by atoms with van der Waals surface area (Å²) < 4.78 is 62.5. The summed E-state index contributed by atoms with van der Waals surface area (Å²) in [4.78, 5) is 9.03. The molecule has 9 rings (SSSR count). The van der Waals surface area contributed by atoms with Crippen LogP contribution in [0.5, 0.6) is 0 Å². The third-order valence-corrected chi connectivity index (χ3v) is 9.43. The van der Waals surface area contributed by atoms with E-state index in [0.717, 1.165) is 49.7 Å². The van der Waals surface area contributed by atoms with Crippen molar-refractivity contribution in [3.05, 3.63) is 169 Å². The van der Waals surface area contributed by atoms with Gasteiger partial charge >= 0.3 is 0 Å². The van der Waals surface area contributed by atoms with E-state index in [1.54, 1.807) is 24.3 Å². The van der Waals surface area contributed by atoms with Crippen molar-refractivity contribution < 1.29 is 34.1 Å². The summed E-state index contributed by atoms with van der Waals surface area (Å²) in [6, 6.07) is 47.2. The van der Waals surface area contributed by atoms with Gasteiger partial charge in [-0.25, -0.2) is 0 Å². The molecule has 6 aromatic carbocycles. The Bertz CT molecular complexity index is 3110. The number of nitrogens with zero attached hydrogens (tertiary/aromatic N) is 2. The van der Waals surface area contributed by atoms with Gasteiger partial charge in [-0.05, 0) is 79.4 Å². The predicted octanol–water partition coefficient (Wildman–Crippen LogP) is 14.5. The first-order valence-electron chi connectivity index (χ1n) is 22.4. The van der Waals surface area contributed by atoms with Gasteiger partial charge in [0, 0.05) is 52.9 Å². The van der Waals surface area contributed by atoms with Crippen LogP contribution in [0.25, 0.3) is 77.1 Å². The molecule has 0 N–H and O–H groups in total. The molecule has 0 aliphatic carbocycles. The minimum Gasteiger partial charge on any atom is -0.500 e. The molecular weight excluding hydrogens is 873 g/mol. The first-order valence-corrected chi connectivity index (χ1v) is 18.9. The number of aromatic nitrogens is 2. The molecule has 0 unspecified atom stereocenters. The van der Waals surface area contributed by atoms with Gasteiger partial charge in [0.1, 0.15) is 5.58 Å². The second-order valence-corrected chi connectivity index (χ2v) is 16.2. The quantitative estimate of drug-likeness (QED) is 0.128. The predicted molar refractivity (Wildman–Crippen MR) is 236 cm³/mol. The van der Waals surface area contributed by atoms with E-state index in [1.807, 2.05) is 84.1 Å². The summed E-state index contributed by atoms with van der Waals surface area (Å²) in [6.45, 7) is 9.19. The molecule has 0 bridgehead atoms. The number of aryl methyl sites for hydroxylation is 1. The second kappa shape index (κ2) is 16.2. The third kappa shape index (κ3) is 8.79. The molecule has 4 heteroatoms. The smallest absolute Gasteiger partial charge is 0.129 e. The number of furan rings is 1. The Kier molecular flexibility index (Phi) is 9.00. The summed E-state index contributed by atoms with van der Waals surface area (Å²) in [5.74, 6) is 0. The van der Waals surface area contributed by atoms with E-state index in [4.69, 9.17) is 19.0 Å². The largest absolute Gasteiger partial charge is 0.500 e. The van der Waals surface area contributed by atoms with Crippen molar-refractivity contribution in [3.8, 4) is 33.6 Å². The molecule has 57 heavy (non-hydrogen) atoms. The first kappa shape index (κ1) is 31.6. The van der Waals surface area contributed by atoms with Crippen molar-refractivity contribution >= 4 is 43.5 Å². The van der Waals surface area contributed by atoms with Crippen LogP contribution in [0.3, 0.4) is 0 Å². The number of hydrogen-bond acceptors (Lipinski definition) is 3. The molecule has 3 heterocycles. The van der Waals surface area contributed by atoms with Crippen molar-refractivity contribution in [2.24, 2.45) is 10.8 Å². The summed E-state index contributed by atoms with van der Waals surface area (Å²) in [7, 11) is 0. The molecule has 3 aromatic heterocycles. The van der Waals surface area contributed by atoms with Crippen molar-refractivity contribution in [2.75, 3.05) is 0 Å². The van der Waals surface area contributed by atoms with Crippen LogP contribution in [0, 0.1) is 29.8 Å². The molecule has 0 aliphatic rings. The van der Waals surface area contributed by atoms with Gasteiger partial charge < -0.3 is 14.4 Å². The average Bonchev–Trinajstić information content (AvgIpc) is 3.66. The molecule has 0 aliphatic heterocycles. The van der Waals surface area contributed by atoms with Gasteiger partial charge in [-0.2, -0.15) is 0 Å². The molecule has 1 radical (unpaired) electrons. The van der Waals surface area contributed by atoms with Crippen LogP contribution in [-0.2, 0) is 32.9 Å². The van der Waals surface area contributed by atoms with Crippen molar-refractivity contribution in [2.45, 2.75) is 61.1 Å². The number of benzene rings is 6. The monoisotopic (exact) mass is 928 g/mol. The minimum absolute atomic E-state index is 0. The maximum Gasteiger partial charge on any atom is 0.129 e. The summed E-state index contributed by atoms with van der Waals surface area (Å²) >= 11 is 0. The second-order valence-electron chi connectivity index (χ2n) is 16.2. The van der Waals surface area contributed by atoms with E-state index in [1.165, 1.54) is 28.4 Å². The Labute approximate surface area is 360 Å². The SMILES string of the molecule is [2H]C([2H])([2H])c1c[c-]c(-c2ccc(C([2H])([2H])C(C)(C)C)cn2)cc1.[2H]C([2H])(c1ccc(-c2ccnc(-c3[c-]ccc4c3oc3c5ccccc5c5ccccc5c43)c2)cc1)C(C)(C)C.[Ir]. The van der Waals surface area contributed by atoms with Gasteiger partial charge in [0.25, 0.3) is 0 Å². The third-order valence-electron chi connectivity index (χ3n) is 9.43. The van der Waals surface area contributed by atoms with Crippen LogP contribution >= 0.6 is 0 Å². The maximum absolute atomic E-state index is 8.61. The summed E-state index contributed by atoms with van der Waals surface area (Å²) in [5, 5.41) is 6.81. The zero-order chi connectivity index (χ0) is 45.1. The Morgan fingerprint density at radius 1 is 0.614 bits per heavy atom. The molecule has 0 fully saturated rings. The van der Waals surface area contributed by atoms with Gasteiger partial charge in [0.15, 0.2) is 0 Å². The molecular formula is C53H48IrN2O-2. The Balaban J connectivity index is 0.000000219. The molecule has 0 saturated carbocycles. The standard InChI is InChI=1S/C36H28NO.C17H20N.Ir/c1-36(2,3)22-23-15-17-24(18-16-23)25-19-20-37-32(21-25)30-13-8-14-31-33-28-11-6-4-9-26(28)27-10-5-7-12-29(27)35(33)38-34(30)31;1-13-5-8-15(9-6-13)16-10-7-14(12-18-16)11-17(2,3)4;/h4-12,14-21H,22H2,1-3H3;5-8,10,12H,11H2,1-4H3;/q2*-1;/i22D2;1D3,11D2;. The molecule has 0 spiro atoms. The Hall–Kier alpha value is -5.41. The fourth-order valence-electron chi connectivity index (χ4n) is 7.13. The van der Waals surface area contributed by atoms with Crippen LogP contribution in [0.4, 0.5) is 0 Å². The van der Waals surface area contributed by atoms with E-state index in [0.29, 0.717) is 22.4 Å². The number of rotatable bonds is 5. The number of fused-ring (bicyclic) bond motifs is 8. The van der Waals surface area contributed by atoms with Crippen LogP contribution in [0.15, 0.2) is 144 Å². The minimum atomic E-state index is -2.14. The van der Waals surface area contributed by atoms with Crippen molar-refractivity contribution in [1.82, 2.24) is 9.97 Å². The van der Waals surface area contributed by atoms with E-state index < -0.39 is 30.4 Å². The van der Waals surface area contributed by atoms with Crippen LogP contribution in [0.2, 0.25) is 0 Å². The molecule has 0 amide bonds. The van der Waals surface area contributed by atoms with E-state index in [-0.39, 0.29) is 25.7 Å². The summed E-state index contributed by atoms with van der Waals surface area (Å²) in [5.41, 5.74) is 6.98. The van der Waals surface area contributed by atoms with Crippen LogP contribution in [0.1, 0.15) is 67.8 Å². The van der Waals surface area contributed by atoms with E-state index in [2.05, 4.69) is 77.8 Å². The average molecular weight is 928 g/mol. The first-order chi connectivity index (χ1) is 29.7. The topological polar surface area (TPSA) is 38.9 Å². The molecule has 0 atom stereocenters. The van der Waals surface area contributed by atoms with Gasteiger partial charge in [0.05, 0.1) is 5.58 Å². The molecule has 3 nitrogen and oxygen atoms in total. The van der Waals surface area contributed by atoms with Crippen LogP contribution in [-0.4, -0.2) is 9.97 Å². The normalized spacial score (nSPS) is 14.3. The van der Waals surface area contributed by atoms with Gasteiger partial charge in [0.2, 0.25) is 0 Å². The van der Waals surface area contributed by atoms with Crippen molar-refractivity contribution in [3.63, 3.8) is 0 Å². The Morgan fingerprint density at radius 3 is 1.93 bits per heavy atom. The van der Waals surface area contributed by atoms with Gasteiger partial charge in [-0.15, -0.1) is 53.6 Å². The molecule has 9 aromatic rings. The van der Waals surface area contributed by atoms with Gasteiger partial charge in [-0.3, -0.25) is 0 Å². The molecule has 287 valence electrons. The fraction of sp³-hybridized carbons (Fsp3) is 0.208. The van der Waals surface area contributed by atoms with E-state index in [9.17, 15) is 0 Å². The number of hydrogen-bond donors (Lipinski definition) is 0. The Morgan fingerprint density at radius 2 is 1.28 bits per heavy atom. The summed E-state index contributed by atoms with van der Waals surface area (Å²) in [6.07, 6.45) is 0.418.